The lowest BCUT2D eigenvalue weighted by Crippen LogP contribution is -2.24. The molecule has 0 aliphatic heterocycles. The second kappa shape index (κ2) is 11.5. The van der Waals surface area contributed by atoms with Crippen LogP contribution in [0.4, 0.5) is 0 Å². The fraction of sp³-hybridized carbons (Fsp3) is 1.00. The van der Waals surface area contributed by atoms with Crippen LogP contribution in [0.3, 0.4) is 0 Å². The van der Waals surface area contributed by atoms with Gasteiger partial charge in [0.05, 0.1) is 0 Å². The van der Waals surface area contributed by atoms with E-state index < -0.39 is 0 Å². The molecule has 0 N–H and O–H groups in total. The molecule has 0 heterocycles. The van der Waals surface area contributed by atoms with E-state index in [9.17, 15) is 0 Å². The zero-order valence-corrected chi connectivity index (χ0v) is 13.1. The van der Waals surface area contributed by atoms with Gasteiger partial charge in [-0.15, -0.1) is 0 Å². The quantitative estimate of drug-likeness (QED) is 0.531. The van der Waals surface area contributed by atoms with Crippen molar-refractivity contribution in [3.63, 3.8) is 0 Å². The molecule has 0 aromatic rings. The Labute approximate surface area is 105 Å². The van der Waals surface area contributed by atoms with Gasteiger partial charge in [-0.25, -0.2) is 0 Å². The third-order valence-corrected chi connectivity index (χ3v) is 4.09. The third kappa shape index (κ3) is 6.55. The van der Waals surface area contributed by atoms with Crippen molar-refractivity contribution in [3.05, 3.63) is 0 Å². The maximum atomic E-state index is 2.43. The lowest BCUT2D eigenvalue weighted by atomic mass is 9.71. The molecular weight excluding hydrogens is 192 g/mol. The van der Waals surface area contributed by atoms with Crippen LogP contribution in [0.5, 0.6) is 0 Å². The number of hydrogen-bond acceptors (Lipinski definition) is 0. The van der Waals surface area contributed by atoms with Gasteiger partial charge in [-0.05, 0) is 36.5 Å². The summed E-state index contributed by atoms with van der Waals surface area (Å²) in [5.41, 5.74) is 0. The molecule has 1 aliphatic carbocycles. The summed E-state index contributed by atoms with van der Waals surface area (Å²) in [6.45, 7) is 17.6. The average molecular weight is 228 g/mol. The minimum atomic E-state index is 0.958. The van der Waals surface area contributed by atoms with Gasteiger partial charge in [-0.1, -0.05) is 68.2 Å². The van der Waals surface area contributed by atoms with Crippen molar-refractivity contribution < 1.29 is 0 Å². The van der Waals surface area contributed by atoms with Crippen LogP contribution < -0.4 is 0 Å². The fourth-order valence-electron chi connectivity index (χ4n) is 2.44. The molecule has 0 bridgehead atoms. The van der Waals surface area contributed by atoms with Crippen molar-refractivity contribution in [3.8, 4) is 0 Å². The molecule has 0 spiro atoms. The highest BCUT2D eigenvalue weighted by molar-refractivity contribution is 4.77. The fourth-order valence-corrected chi connectivity index (χ4v) is 2.44. The van der Waals surface area contributed by atoms with E-state index in [0.29, 0.717) is 0 Å². The Morgan fingerprint density at radius 1 is 0.938 bits per heavy atom. The Balaban J connectivity index is 0. The highest BCUT2D eigenvalue weighted by Gasteiger charge is 2.26. The normalized spacial score (nSPS) is 30.4. The Bertz CT molecular complexity index is 128. The van der Waals surface area contributed by atoms with Gasteiger partial charge >= 0.3 is 0 Å². The Morgan fingerprint density at radius 3 is 1.81 bits per heavy atom. The smallest absolute Gasteiger partial charge is 0.0386 e. The molecule has 0 saturated heterocycles. The van der Waals surface area contributed by atoms with Crippen molar-refractivity contribution in [2.75, 3.05) is 0 Å². The summed E-state index contributed by atoms with van der Waals surface area (Å²) >= 11 is 0. The van der Waals surface area contributed by atoms with Crippen molar-refractivity contribution >= 4 is 0 Å². The van der Waals surface area contributed by atoms with Crippen molar-refractivity contribution in [1.82, 2.24) is 0 Å². The summed E-state index contributed by atoms with van der Waals surface area (Å²) in [6, 6.07) is 0. The highest BCUT2D eigenvalue weighted by atomic mass is 14.3. The molecule has 100 valence electrons. The van der Waals surface area contributed by atoms with Crippen LogP contribution in [-0.2, 0) is 0 Å². The molecular formula is C16H36. The van der Waals surface area contributed by atoms with Crippen LogP contribution in [0, 0.1) is 23.7 Å². The molecule has 0 nitrogen and oxygen atoms in total. The summed E-state index contributed by atoms with van der Waals surface area (Å²) in [5, 5.41) is 0. The molecule has 1 aliphatic rings. The molecule has 1 rings (SSSR count). The summed E-state index contributed by atoms with van der Waals surface area (Å²) in [7, 11) is 0. The van der Waals surface area contributed by atoms with Gasteiger partial charge in [0, 0.05) is 0 Å². The van der Waals surface area contributed by atoms with E-state index in [1.54, 1.807) is 0 Å². The Kier molecular flexibility index (Phi) is 13.2. The van der Waals surface area contributed by atoms with Crippen LogP contribution in [0.25, 0.3) is 0 Å². The van der Waals surface area contributed by atoms with Gasteiger partial charge in [-0.2, -0.15) is 0 Å². The summed E-state index contributed by atoms with van der Waals surface area (Å²) in [5.74, 6) is 3.93. The van der Waals surface area contributed by atoms with Gasteiger partial charge in [0.1, 0.15) is 0 Å². The van der Waals surface area contributed by atoms with Crippen LogP contribution in [0.15, 0.2) is 0 Å². The maximum Gasteiger partial charge on any atom is -0.0386 e. The first kappa shape index (κ1) is 18.4. The molecule has 0 aromatic carbocycles. The van der Waals surface area contributed by atoms with E-state index in [1.165, 1.54) is 25.7 Å². The van der Waals surface area contributed by atoms with Gasteiger partial charge < -0.3 is 0 Å². The van der Waals surface area contributed by atoms with Crippen LogP contribution in [0.1, 0.15) is 81.1 Å². The number of hydrogen-bond donors (Lipinski definition) is 0. The van der Waals surface area contributed by atoms with Gasteiger partial charge in [0.2, 0.25) is 0 Å². The Hall–Kier alpha value is 0. The third-order valence-electron chi connectivity index (χ3n) is 4.09. The predicted molar refractivity (Wildman–Crippen MR) is 77.8 cm³/mol. The van der Waals surface area contributed by atoms with Crippen molar-refractivity contribution in [2.45, 2.75) is 81.1 Å². The lowest BCUT2D eigenvalue weighted by molar-refractivity contribution is 0.161. The molecule has 3 unspecified atom stereocenters. The van der Waals surface area contributed by atoms with E-state index in [0.717, 1.165) is 23.7 Å². The van der Waals surface area contributed by atoms with Crippen molar-refractivity contribution in [2.24, 2.45) is 23.7 Å². The van der Waals surface area contributed by atoms with Gasteiger partial charge in [0.25, 0.3) is 0 Å². The predicted octanol–water partition coefficient (Wildman–Crippen LogP) is 6.16. The number of rotatable bonds is 2. The molecule has 4 atom stereocenters. The maximum absolute atomic E-state index is 2.43. The second-order valence-electron chi connectivity index (χ2n) is 4.91. The molecule has 1 saturated carbocycles. The van der Waals surface area contributed by atoms with Gasteiger partial charge in [0.15, 0.2) is 0 Å². The van der Waals surface area contributed by atoms with E-state index in [2.05, 4.69) is 27.7 Å². The standard InChI is InChI=1S/C12H24.2C2H6/c1-5-9(2)12-7-6-10(3)11(4)8-12;2*1-2/h9-12H,5-8H2,1-4H3;2*1-2H3/t9?,10?,11?,12-;;/m1../s1. The molecule has 0 heteroatoms. The van der Waals surface area contributed by atoms with E-state index in [1.807, 2.05) is 27.7 Å². The first-order valence-corrected chi connectivity index (χ1v) is 7.65. The average Bonchev–Trinajstić information content (AvgIpc) is 2.36. The zero-order valence-electron chi connectivity index (χ0n) is 13.1. The van der Waals surface area contributed by atoms with E-state index >= 15 is 0 Å². The lowest BCUT2D eigenvalue weighted by Gasteiger charge is -2.35. The minimum absolute atomic E-state index is 0.958. The summed E-state index contributed by atoms with van der Waals surface area (Å²) < 4.78 is 0. The van der Waals surface area contributed by atoms with Crippen LogP contribution in [0.2, 0.25) is 0 Å². The minimum Gasteiger partial charge on any atom is -0.0683 e. The summed E-state index contributed by atoms with van der Waals surface area (Å²) in [4.78, 5) is 0. The molecule has 16 heavy (non-hydrogen) atoms. The first-order chi connectivity index (χ1) is 7.65. The zero-order chi connectivity index (χ0) is 13.1. The van der Waals surface area contributed by atoms with Crippen molar-refractivity contribution in [1.29, 1.82) is 0 Å². The molecule has 0 amide bonds. The van der Waals surface area contributed by atoms with E-state index in [-0.39, 0.29) is 0 Å². The summed E-state index contributed by atoms with van der Waals surface area (Å²) in [6.07, 6.45) is 5.80. The monoisotopic (exact) mass is 228 g/mol. The highest BCUT2D eigenvalue weighted by Crippen LogP contribution is 2.37. The topological polar surface area (TPSA) is 0 Å². The second-order valence-corrected chi connectivity index (χ2v) is 4.91. The van der Waals surface area contributed by atoms with Crippen LogP contribution in [-0.4, -0.2) is 0 Å². The Morgan fingerprint density at radius 2 is 1.44 bits per heavy atom. The molecule has 0 aromatic heterocycles. The van der Waals surface area contributed by atoms with Crippen LogP contribution >= 0.6 is 0 Å². The molecule has 1 fully saturated rings. The van der Waals surface area contributed by atoms with E-state index in [4.69, 9.17) is 0 Å². The largest absolute Gasteiger partial charge is 0.0683 e. The first-order valence-electron chi connectivity index (χ1n) is 7.65. The SMILES string of the molecule is CC.CC.CCC(C)[C@@H]1CCC(C)C(C)C1. The van der Waals surface area contributed by atoms with Gasteiger partial charge in [-0.3, -0.25) is 0 Å². The molecule has 0 radical (unpaired) electrons.